The van der Waals surface area contributed by atoms with Gasteiger partial charge in [-0.15, -0.1) is 11.3 Å². The van der Waals surface area contributed by atoms with Gasteiger partial charge in [-0.2, -0.15) is 0 Å². The van der Waals surface area contributed by atoms with Gasteiger partial charge in [0.1, 0.15) is 0 Å². The first kappa shape index (κ1) is 18.3. The smallest absolute Gasteiger partial charge is 0.309 e. The number of rotatable bonds is 5. The van der Waals surface area contributed by atoms with Crippen molar-refractivity contribution in [3.05, 3.63) is 58.3 Å². The highest BCUT2D eigenvalue weighted by atomic mass is 32.1. The summed E-state index contributed by atoms with van der Waals surface area (Å²) >= 11 is 1.42. The van der Waals surface area contributed by atoms with Crippen molar-refractivity contribution in [2.75, 3.05) is 13.1 Å². The van der Waals surface area contributed by atoms with Crippen molar-refractivity contribution in [1.29, 1.82) is 0 Å². The Morgan fingerprint density at radius 1 is 1.08 bits per heavy atom. The van der Waals surface area contributed by atoms with Gasteiger partial charge in [0.25, 0.3) is 5.91 Å². The zero-order chi connectivity index (χ0) is 18.5. The molecule has 1 aromatic heterocycles. The summed E-state index contributed by atoms with van der Waals surface area (Å²) in [6.07, 6.45) is 0.306. The van der Waals surface area contributed by atoms with Gasteiger partial charge in [0, 0.05) is 18.7 Å². The fourth-order valence-corrected chi connectivity index (χ4v) is 3.73. The minimum absolute atomic E-state index is 0.0134. The van der Waals surface area contributed by atoms with Crippen LogP contribution in [0.15, 0.2) is 47.8 Å². The van der Waals surface area contributed by atoms with Gasteiger partial charge in [-0.3, -0.25) is 14.4 Å². The molecule has 0 aliphatic carbocycles. The standard InChI is InChI=1S/C20H21NO4S/c1-14(18(22)15-6-3-2-4-7-15)25-20(24)16-9-11-21(12-10-16)19(23)17-8-5-13-26-17/h2-8,13-14,16H,9-12H2,1H3/t14-/m1/s1. The molecule has 1 saturated heterocycles. The number of likely N-dealkylation sites (tertiary alicyclic amines) is 1. The van der Waals surface area contributed by atoms with E-state index in [1.54, 1.807) is 36.1 Å². The summed E-state index contributed by atoms with van der Waals surface area (Å²) in [5.41, 5.74) is 0.532. The van der Waals surface area contributed by atoms with E-state index in [1.807, 2.05) is 23.6 Å². The molecule has 1 atom stereocenters. The molecule has 2 aromatic rings. The van der Waals surface area contributed by atoms with Crippen LogP contribution in [-0.4, -0.2) is 41.8 Å². The number of hydrogen-bond acceptors (Lipinski definition) is 5. The number of Topliss-reactive ketones (excluding diaryl/α,β-unsaturated/α-hetero) is 1. The number of carbonyl (C=O) groups excluding carboxylic acids is 3. The number of amides is 1. The van der Waals surface area contributed by atoms with Gasteiger partial charge in [-0.1, -0.05) is 36.4 Å². The molecule has 0 saturated carbocycles. The van der Waals surface area contributed by atoms with Crippen LogP contribution in [0.25, 0.3) is 0 Å². The largest absolute Gasteiger partial charge is 0.454 e. The summed E-state index contributed by atoms with van der Waals surface area (Å²) in [6, 6.07) is 12.5. The van der Waals surface area contributed by atoms with E-state index in [-0.39, 0.29) is 23.6 Å². The number of thiophene rings is 1. The van der Waals surface area contributed by atoms with E-state index < -0.39 is 6.10 Å². The van der Waals surface area contributed by atoms with Gasteiger partial charge in [0.15, 0.2) is 6.10 Å². The van der Waals surface area contributed by atoms with Gasteiger partial charge < -0.3 is 9.64 Å². The Morgan fingerprint density at radius 2 is 1.77 bits per heavy atom. The number of carbonyl (C=O) groups is 3. The maximum absolute atomic E-state index is 12.4. The first-order valence-corrected chi connectivity index (χ1v) is 9.56. The Balaban J connectivity index is 1.50. The predicted octanol–water partition coefficient (Wildman–Crippen LogP) is 3.41. The lowest BCUT2D eigenvalue weighted by Gasteiger charge is -2.31. The van der Waals surface area contributed by atoms with Crippen molar-refractivity contribution < 1.29 is 19.1 Å². The van der Waals surface area contributed by atoms with Crippen LogP contribution in [0.1, 0.15) is 39.8 Å². The molecule has 6 heteroatoms. The second-order valence-electron chi connectivity index (χ2n) is 6.35. The number of ketones is 1. The van der Waals surface area contributed by atoms with Crippen molar-refractivity contribution in [3.63, 3.8) is 0 Å². The van der Waals surface area contributed by atoms with Crippen LogP contribution >= 0.6 is 11.3 Å². The molecule has 0 spiro atoms. The lowest BCUT2D eigenvalue weighted by atomic mass is 9.96. The molecule has 136 valence electrons. The second-order valence-corrected chi connectivity index (χ2v) is 7.30. The summed E-state index contributed by atoms with van der Waals surface area (Å²) in [4.78, 5) is 39.5. The molecular weight excluding hydrogens is 350 g/mol. The molecule has 1 aliphatic heterocycles. The van der Waals surface area contributed by atoms with Crippen molar-refractivity contribution >= 4 is 29.0 Å². The fraction of sp³-hybridized carbons (Fsp3) is 0.350. The third-order valence-corrected chi connectivity index (χ3v) is 5.43. The lowest BCUT2D eigenvalue weighted by Crippen LogP contribution is -2.41. The van der Waals surface area contributed by atoms with Crippen LogP contribution in [0, 0.1) is 5.92 Å². The van der Waals surface area contributed by atoms with Gasteiger partial charge in [0.05, 0.1) is 10.8 Å². The molecule has 0 radical (unpaired) electrons. The average molecular weight is 371 g/mol. The Bertz CT molecular complexity index is 764. The van der Waals surface area contributed by atoms with E-state index >= 15 is 0 Å². The van der Waals surface area contributed by atoms with Gasteiger partial charge >= 0.3 is 5.97 Å². The van der Waals surface area contributed by atoms with Gasteiger partial charge in [-0.25, -0.2) is 0 Å². The summed E-state index contributed by atoms with van der Waals surface area (Å²) < 4.78 is 5.38. The Kier molecular flexibility index (Phi) is 5.83. The first-order valence-electron chi connectivity index (χ1n) is 8.69. The van der Waals surface area contributed by atoms with E-state index in [9.17, 15) is 14.4 Å². The van der Waals surface area contributed by atoms with Crippen LogP contribution in [0.2, 0.25) is 0 Å². The quantitative estimate of drug-likeness (QED) is 0.597. The summed E-state index contributed by atoms with van der Waals surface area (Å²) in [5.74, 6) is -0.817. The Morgan fingerprint density at radius 3 is 2.38 bits per heavy atom. The third-order valence-electron chi connectivity index (χ3n) is 4.57. The predicted molar refractivity (Wildman–Crippen MR) is 99.3 cm³/mol. The van der Waals surface area contributed by atoms with Crippen molar-refractivity contribution in [1.82, 2.24) is 4.90 Å². The summed E-state index contributed by atoms with van der Waals surface area (Å²) in [7, 11) is 0. The highest BCUT2D eigenvalue weighted by molar-refractivity contribution is 7.12. The highest BCUT2D eigenvalue weighted by Gasteiger charge is 2.31. The van der Waals surface area contributed by atoms with E-state index in [0.717, 1.165) is 0 Å². The van der Waals surface area contributed by atoms with E-state index in [2.05, 4.69) is 0 Å². The molecule has 0 N–H and O–H groups in total. The molecule has 1 fully saturated rings. The monoisotopic (exact) mass is 371 g/mol. The summed E-state index contributed by atoms with van der Waals surface area (Å²) in [5, 5.41) is 1.88. The van der Waals surface area contributed by atoms with Crippen LogP contribution < -0.4 is 0 Å². The zero-order valence-electron chi connectivity index (χ0n) is 14.6. The Hall–Kier alpha value is -2.47. The van der Waals surface area contributed by atoms with E-state index in [0.29, 0.717) is 36.4 Å². The summed E-state index contributed by atoms with van der Waals surface area (Å²) in [6.45, 7) is 2.65. The van der Waals surface area contributed by atoms with Crippen molar-refractivity contribution in [3.8, 4) is 0 Å². The minimum Gasteiger partial charge on any atom is -0.454 e. The maximum atomic E-state index is 12.4. The molecule has 1 amide bonds. The minimum atomic E-state index is -0.810. The molecule has 5 nitrogen and oxygen atoms in total. The molecule has 0 bridgehead atoms. The molecule has 1 aliphatic rings. The number of piperidine rings is 1. The first-order chi connectivity index (χ1) is 12.6. The molecule has 2 heterocycles. The fourth-order valence-electron chi connectivity index (χ4n) is 3.04. The average Bonchev–Trinajstić information content (AvgIpc) is 3.22. The SMILES string of the molecule is C[C@@H](OC(=O)C1CCN(C(=O)c2cccs2)CC1)C(=O)c1ccccc1. The van der Waals surface area contributed by atoms with Crippen LogP contribution in [0.5, 0.6) is 0 Å². The van der Waals surface area contributed by atoms with Crippen LogP contribution in [0.4, 0.5) is 0 Å². The van der Waals surface area contributed by atoms with Crippen LogP contribution in [-0.2, 0) is 9.53 Å². The Labute approximate surface area is 156 Å². The van der Waals surface area contributed by atoms with Gasteiger partial charge in [0.2, 0.25) is 5.78 Å². The van der Waals surface area contributed by atoms with Crippen LogP contribution in [0.3, 0.4) is 0 Å². The number of hydrogen-bond donors (Lipinski definition) is 0. The normalized spacial score (nSPS) is 16.1. The number of benzene rings is 1. The number of esters is 1. The number of nitrogens with zero attached hydrogens (tertiary/aromatic N) is 1. The molecule has 0 unspecified atom stereocenters. The topological polar surface area (TPSA) is 63.7 Å². The van der Waals surface area contributed by atoms with E-state index in [1.165, 1.54) is 11.3 Å². The lowest BCUT2D eigenvalue weighted by molar-refractivity contribution is -0.152. The van der Waals surface area contributed by atoms with Gasteiger partial charge in [-0.05, 0) is 31.2 Å². The highest BCUT2D eigenvalue weighted by Crippen LogP contribution is 2.22. The van der Waals surface area contributed by atoms with Crippen molar-refractivity contribution in [2.45, 2.75) is 25.9 Å². The number of ether oxygens (including phenoxy) is 1. The van der Waals surface area contributed by atoms with Crippen molar-refractivity contribution in [2.24, 2.45) is 5.92 Å². The van der Waals surface area contributed by atoms with E-state index in [4.69, 9.17) is 4.74 Å². The molecular formula is C20H21NO4S. The molecule has 26 heavy (non-hydrogen) atoms. The molecule has 1 aromatic carbocycles. The molecule has 3 rings (SSSR count). The third kappa shape index (κ3) is 4.19. The zero-order valence-corrected chi connectivity index (χ0v) is 15.4. The second kappa shape index (κ2) is 8.27. The maximum Gasteiger partial charge on any atom is 0.309 e.